The van der Waals surface area contributed by atoms with Gasteiger partial charge in [-0.1, -0.05) is 18.2 Å². The lowest BCUT2D eigenvalue weighted by atomic mass is 10.2. The molecule has 2 aromatic rings. The average Bonchev–Trinajstić information content (AvgIpc) is 2.58. The Balaban J connectivity index is 1.84. The van der Waals surface area contributed by atoms with E-state index in [1.54, 1.807) is 0 Å². The highest BCUT2D eigenvalue weighted by Crippen LogP contribution is 2.17. The maximum absolute atomic E-state index is 12.2. The molecule has 128 valence electrons. The third kappa shape index (κ3) is 5.61. The van der Waals surface area contributed by atoms with Gasteiger partial charge in [-0.25, -0.2) is 0 Å². The summed E-state index contributed by atoms with van der Waals surface area (Å²) in [4.78, 5) is 14.4. The van der Waals surface area contributed by atoms with Crippen molar-refractivity contribution < 1.29 is 9.53 Å². The molecule has 0 aromatic heterocycles. The third-order valence-corrected chi connectivity index (χ3v) is 3.62. The quantitative estimate of drug-likeness (QED) is 0.785. The zero-order valence-electron chi connectivity index (χ0n) is 14.7. The first-order valence-corrected chi connectivity index (χ1v) is 8.45. The Morgan fingerprint density at radius 3 is 2.33 bits per heavy atom. The standard InChI is InChI=1S/C20H26N2O2/c1-4-22(18-8-6-5-7-9-18)15-14-20(23)21-17-10-12-19(13-11-17)24-16(2)3/h5-13,16H,4,14-15H2,1-3H3,(H,21,23). The molecule has 0 aliphatic heterocycles. The molecule has 0 aliphatic carbocycles. The molecule has 0 spiro atoms. The van der Waals surface area contributed by atoms with E-state index in [1.807, 2.05) is 56.3 Å². The Morgan fingerprint density at radius 1 is 1.08 bits per heavy atom. The van der Waals surface area contributed by atoms with E-state index in [0.29, 0.717) is 13.0 Å². The van der Waals surface area contributed by atoms with Gasteiger partial charge < -0.3 is 15.0 Å². The van der Waals surface area contributed by atoms with E-state index in [0.717, 1.165) is 23.7 Å². The topological polar surface area (TPSA) is 41.6 Å². The summed E-state index contributed by atoms with van der Waals surface area (Å²) in [6, 6.07) is 17.6. The Morgan fingerprint density at radius 2 is 1.75 bits per heavy atom. The predicted octanol–water partition coefficient (Wildman–Crippen LogP) is 4.33. The van der Waals surface area contributed by atoms with E-state index in [1.165, 1.54) is 0 Å². The van der Waals surface area contributed by atoms with Crippen LogP contribution in [0.3, 0.4) is 0 Å². The van der Waals surface area contributed by atoms with Crippen molar-refractivity contribution in [1.29, 1.82) is 0 Å². The van der Waals surface area contributed by atoms with Crippen molar-refractivity contribution in [2.24, 2.45) is 0 Å². The van der Waals surface area contributed by atoms with Gasteiger partial charge in [0.1, 0.15) is 5.75 Å². The lowest BCUT2D eigenvalue weighted by molar-refractivity contribution is -0.116. The van der Waals surface area contributed by atoms with E-state index in [2.05, 4.69) is 29.3 Å². The number of carbonyl (C=O) groups is 1. The third-order valence-electron chi connectivity index (χ3n) is 3.62. The number of nitrogens with one attached hydrogen (secondary N) is 1. The van der Waals surface area contributed by atoms with E-state index in [4.69, 9.17) is 4.74 Å². The fourth-order valence-electron chi connectivity index (χ4n) is 2.46. The highest BCUT2D eigenvalue weighted by atomic mass is 16.5. The van der Waals surface area contributed by atoms with Crippen LogP contribution in [0.25, 0.3) is 0 Å². The highest BCUT2D eigenvalue weighted by Gasteiger charge is 2.08. The summed E-state index contributed by atoms with van der Waals surface area (Å²) in [5.74, 6) is 0.825. The Labute approximate surface area is 144 Å². The van der Waals surface area contributed by atoms with Gasteiger partial charge in [0.15, 0.2) is 0 Å². The highest BCUT2D eigenvalue weighted by molar-refractivity contribution is 5.91. The maximum Gasteiger partial charge on any atom is 0.226 e. The molecule has 1 N–H and O–H groups in total. The second kappa shape index (κ2) is 8.96. The summed E-state index contributed by atoms with van der Waals surface area (Å²) in [5.41, 5.74) is 1.93. The Bertz CT molecular complexity index is 624. The smallest absolute Gasteiger partial charge is 0.226 e. The summed E-state index contributed by atoms with van der Waals surface area (Å²) in [7, 11) is 0. The molecule has 0 fully saturated rings. The molecule has 0 saturated heterocycles. The Kier molecular flexibility index (Phi) is 6.67. The molecule has 1 amide bonds. The molecule has 2 rings (SSSR count). The monoisotopic (exact) mass is 326 g/mol. The van der Waals surface area contributed by atoms with Crippen LogP contribution in [0.1, 0.15) is 27.2 Å². The maximum atomic E-state index is 12.2. The van der Waals surface area contributed by atoms with Gasteiger partial charge in [0.2, 0.25) is 5.91 Å². The number of anilines is 2. The van der Waals surface area contributed by atoms with Gasteiger partial charge in [0.25, 0.3) is 0 Å². The van der Waals surface area contributed by atoms with Crippen LogP contribution in [0.2, 0.25) is 0 Å². The van der Waals surface area contributed by atoms with Crippen LogP contribution >= 0.6 is 0 Å². The summed E-state index contributed by atoms with van der Waals surface area (Å²) in [6.07, 6.45) is 0.593. The molecule has 0 heterocycles. The first kappa shape index (κ1) is 17.9. The van der Waals surface area contributed by atoms with Gasteiger partial charge in [0.05, 0.1) is 6.10 Å². The molecule has 0 radical (unpaired) electrons. The summed E-state index contributed by atoms with van der Waals surface area (Å²) in [6.45, 7) is 7.64. The number of amides is 1. The van der Waals surface area contributed by atoms with Gasteiger partial charge in [-0.05, 0) is 57.2 Å². The number of ether oxygens (including phenoxy) is 1. The fourth-order valence-corrected chi connectivity index (χ4v) is 2.46. The number of nitrogens with zero attached hydrogens (tertiary/aromatic N) is 1. The van der Waals surface area contributed by atoms with Crippen molar-refractivity contribution >= 4 is 17.3 Å². The van der Waals surface area contributed by atoms with E-state index in [9.17, 15) is 4.79 Å². The Hall–Kier alpha value is -2.49. The molecule has 0 saturated carbocycles. The normalized spacial score (nSPS) is 10.5. The predicted molar refractivity (Wildman–Crippen MR) is 99.8 cm³/mol. The SMILES string of the molecule is CCN(CCC(=O)Nc1ccc(OC(C)C)cc1)c1ccccc1. The van der Waals surface area contributed by atoms with Crippen LogP contribution in [-0.4, -0.2) is 25.1 Å². The van der Waals surface area contributed by atoms with Crippen LogP contribution in [-0.2, 0) is 4.79 Å². The molecule has 4 heteroatoms. The van der Waals surface area contributed by atoms with Gasteiger partial charge in [0, 0.05) is 30.9 Å². The lowest BCUT2D eigenvalue weighted by Gasteiger charge is -2.22. The number of rotatable bonds is 8. The van der Waals surface area contributed by atoms with Crippen LogP contribution in [0, 0.1) is 0 Å². The number of benzene rings is 2. The van der Waals surface area contributed by atoms with Crippen molar-refractivity contribution in [3.63, 3.8) is 0 Å². The minimum Gasteiger partial charge on any atom is -0.491 e. The fraction of sp³-hybridized carbons (Fsp3) is 0.350. The van der Waals surface area contributed by atoms with E-state index in [-0.39, 0.29) is 12.0 Å². The second-order valence-electron chi connectivity index (χ2n) is 5.90. The zero-order valence-corrected chi connectivity index (χ0v) is 14.7. The molecule has 0 aliphatic rings. The first-order chi connectivity index (χ1) is 11.6. The van der Waals surface area contributed by atoms with Gasteiger partial charge in [-0.2, -0.15) is 0 Å². The summed E-state index contributed by atoms with van der Waals surface area (Å²) in [5, 5.41) is 2.93. The molecular weight excluding hydrogens is 300 g/mol. The number of carbonyl (C=O) groups excluding carboxylic acids is 1. The summed E-state index contributed by atoms with van der Waals surface area (Å²) < 4.78 is 5.60. The van der Waals surface area contributed by atoms with Crippen LogP contribution in [0.5, 0.6) is 5.75 Å². The largest absolute Gasteiger partial charge is 0.491 e. The minimum absolute atomic E-state index is 0.0157. The molecule has 0 atom stereocenters. The first-order valence-electron chi connectivity index (χ1n) is 8.45. The number of hydrogen-bond donors (Lipinski definition) is 1. The van der Waals surface area contributed by atoms with Crippen LogP contribution in [0.4, 0.5) is 11.4 Å². The van der Waals surface area contributed by atoms with Crippen molar-refractivity contribution in [1.82, 2.24) is 0 Å². The molecule has 24 heavy (non-hydrogen) atoms. The molecule has 0 unspecified atom stereocenters. The number of hydrogen-bond acceptors (Lipinski definition) is 3. The zero-order chi connectivity index (χ0) is 17.4. The van der Waals surface area contributed by atoms with Crippen molar-refractivity contribution in [2.75, 3.05) is 23.3 Å². The second-order valence-corrected chi connectivity index (χ2v) is 5.90. The average molecular weight is 326 g/mol. The van der Waals surface area contributed by atoms with Crippen molar-refractivity contribution in [3.8, 4) is 5.75 Å². The van der Waals surface area contributed by atoms with Gasteiger partial charge in [-0.3, -0.25) is 4.79 Å². The van der Waals surface area contributed by atoms with E-state index < -0.39 is 0 Å². The molecule has 4 nitrogen and oxygen atoms in total. The van der Waals surface area contributed by atoms with Gasteiger partial charge in [-0.15, -0.1) is 0 Å². The van der Waals surface area contributed by atoms with Crippen molar-refractivity contribution in [2.45, 2.75) is 33.3 Å². The number of para-hydroxylation sites is 1. The van der Waals surface area contributed by atoms with E-state index >= 15 is 0 Å². The van der Waals surface area contributed by atoms with Crippen LogP contribution < -0.4 is 15.0 Å². The van der Waals surface area contributed by atoms with Crippen molar-refractivity contribution in [3.05, 3.63) is 54.6 Å². The minimum atomic E-state index is 0.0157. The van der Waals surface area contributed by atoms with Gasteiger partial charge >= 0.3 is 0 Å². The molecule has 2 aromatic carbocycles. The lowest BCUT2D eigenvalue weighted by Crippen LogP contribution is -2.27. The molecule has 0 bridgehead atoms. The van der Waals surface area contributed by atoms with Crippen LogP contribution in [0.15, 0.2) is 54.6 Å². The summed E-state index contributed by atoms with van der Waals surface area (Å²) >= 11 is 0. The molecular formula is C20H26N2O2.